The van der Waals surface area contributed by atoms with Gasteiger partial charge in [-0.25, -0.2) is 13.2 Å². The second-order valence-electron chi connectivity index (χ2n) is 3.22. The lowest BCUT2D eigenvalue weighted by Gasteiger charge is -2.20. The number of allylic oxidation sites excluding steroid dienone is 1. The third-order valence-corrected chi connectivity index (χ3v) is 1.84. The van der Waals surface area contributed by atoms with Crippen molar-refractivity contribution >= 4 is 5.90 Å². The number of alkyl halides is 3. The minimum Gasteiger partial charge on any atom is -0.481 e. The van der Waals surface area contributed by atoms with E-state index in [4.69, 9.17) is 10.5 Å². The van der Waals surface area contributed by atoms with Gasteiger partial charge in [-0.1, -0.05) is 6.58 Å². The van der Waals surface area contributed by atoms with Gasteiger partial charge >= 0.3 is 5.92 Å². The van der Waals surface area contributed by atoms with E-state index in [9.17, 15) is 13.2 Å². The number of aliphatic hydroxyl groups is 1. The van der Waals surface area contributed by atoms with Crippen LogP contribution in [0.3, 0.4) is 0 Å². The van der Waals surface area contributed by atoms with E-state index in [1.807, 2.05) is 0 Å². The number of methoxy groups -OCH3 is 1. The van der Waals surface area contributed by atoms with Crippen molar-refractivity contribution < 1.29 is 23.0 Å². The predicted molar refractivity (Wildman–Crippen MR) is 57.9 cm³/mol. The molecule has 3 N–H and O–H groups in total. The molecule has 0 radical (unpaired) electrons. The molecule has 0 bridgehead atoms. The van der Waals surface area contributed by atoms with Gasteiger partial charge in [0.15, 0.2) is 6.67 Å². The van der Waals surface area contributed by atoms with Crippen molar-refractivity contribution in [1.29, 1.82) is 5.41 Å². The van der Waals surface area contributed by atoms with E-state index in [0.717, 1.165) is 0 Å². The van der Waals surface area contributed by atoms with Crippen LogP contribution >= 0.6 is 0 Å². The standard InChI is InChI=1S/C10H15F3N2O2/c1-7(3-4-9(14)17-2)15-5-8(16)10(12,13)6-11/h3-4,8,14-16H,1,5-6H2,2H3/b4-3-,14-9?. The fourth-order valence-electron chi connectivity index (χ4n) is 0.769. The minimum atomic E-state index is -3.78. The molecular formula is C10H15F3N2O2. The minimum absolute atomic E-state index is 0.136. The molecule has 4 nitrogen and oxygen atoms in total. The van der Waals surface area contributed by atoms with Crippen LogP contribution in [0, 0.1) is 5.41 Å². The molecular weight excluding hydrogens is 237 g/mol. The smallest absolute Gasteiger partial charge is 0.302 e. The molecule has 0 aromatic heterocycles. The summed E-state index contributed by atoms with van der Waals surface area (Å²) in [5.41, 5.74) is 0.195. The van der Waals surface area contributed by atoms with Crippen LogP contribution in [-0.4, -0.2) is 43.4 Å². The summed E-state index contributed by atoms with van der Waals surface area (Å²) in [6, 6.07) is 0. The normalized spacial score (nSPS) is 13.5. The van der Waals surface area contributed by atoms with Gasteiger partial charge in [-0.15, -0.1) is 0 Å². The van der Waals surface area contributed by atoms with Crippen LogP contribution in [-0.2, 0) is 4.74 Å². The second kappa shape index (κ2) is 6.95. The van der Waals surface area contributed by atoms with E-state index in [1.165, 1.54) is 19.3 Å². The SMILES string of the molecule is C=C(/C=C\C(=N)OC)NCC(O)C(F)(F)CF. The van der Waals surface area contributed by atoms with Crippen molar-refractivity contribution in [3.8, 4) is 0 Å². The topological polar surface area (TPSA) is 65.3 Å². The average molecular weight is 252 g/mol. The average Bonchev–Trinajstić information content (AvgIpc) is 2.32. The Labute approximate surface area is 97.3 Å². The Morgan fingerprint density at radius 3 is 2.65 bits per heavy atom. The van der Waals surface area contributed by atoms with Gasteiger partial charge < -0.3 is 15.2 Å². The molecule has 0 aliphatic heterocycles. The highest BCUT2D eigenvalue weighted by Crippen LogP contribution is 2.18. The van der Waals surface area contributed by atoms with Gasteiger partial charge in [-0.05, 0) is 6.08 Å². The van der Waals surface area contributed by atoms with Gasteiger partial charge in [0, 0.05) is 18.3 Å². The van der Waals surface area contributed by atoms with Crippen LogP contribution in [0.2, 0.25) is 0 Å². The molecule has 1 atom stereocenters. The van der Waals surface area contributed by atoms with E-state index < -0.39 is 25.2 Å². The largest absolute Gasteiger partial charge is 0.481 e. The summed E-state index contributed by atoms with van der Waals surface area (Å²) in [7, 11) is 1.30. The number of halogens is 3. The first-order valence-corrected chi connectivity index (χ1v) is 4.68. The van der Waals surface area contributed by atoms with Crippen LogP contribution in [0.15, 0.2) is 24.4 Å². The Balaban J connectivity index is 4.09. The summed E-state index contributed by atoms with van der Waals surface area (Å²) in [6.45, 7) is 0.976. The maximum atomic E-state index is 12.6. The lowest BCUT2D eigenvalue weighted by atomic mass is 10.2. The monoisotopic (exact) mass is 252 g/mol. The zero-order valence-corrected chi connectivity index (χ0v) is 9.34. The van der Waals surface area contributed by atoms with Crippen molar-refractivity contribution in [2.24, 2.45) is 0 Å². The molecule has 1 unspecified atom stereocenters. The van der Waals surface area contributed by atoms with E-state index in [-0.39, 0.29) is 11.6 Å². The van der Waals surface area contributed by atoms with E-state index >= 15 is 0 Å². The molecule has 0 heterocycles. The number of nitrogens with one attached hydrogen (secondary N) is 2. The first-order chi connectivity index (χ1) is 7.83. The fourth-order valence-corrected chi connectivity index (χ4v) is 0.769. The Hall–Kier alpha value is -1.50. The molecule has 98 valence electrons. The third-order valence-electron chi connectivity index (χ3n) is 1.84. The molecule has 0 aliphatic rings. The molecule has 0 aliphatic carbocycles. The van der Waals surface area contributed by atoms with Gasteiger partial charge in [-0.2, -0.15) is 0 Å². The molecule has 0 rings (SSSR count). The molecule has 17 heavy (non-hydrogen) atoms. The molecule has 0 aromatic carbocycles. The summed E-state index contributed by atoms with van der Waals surface area (Å²) in [5.74, 6) is -3.92. The van der Waals surface area contributed by atoms with Crippen molar-refractivity contribution in [3.63, 3.8) is 0 Å². The Bertz CT molecular complexity index is 306. The summed E-state index contributed by atoms with van der Waals surface area (Å²) in [4.78, 5) is 0. The Morgan fingerprint density at radius 2 is 2.18 bits per heavy atom. The second-order valence-corrected chi connectivity index (χ2v) is 3.22. The van der Waals surface area contributed by atoms with Crippen LogP contribution < -0.4 is 5.32 Å². The highest BCUT2D eigenvalue weighted by Gasteiger charge is 2.38. The number of aliphatic hydroxyl groups excluding tert-OH is 1. The molecule has 0 saturated heterocycles. The summed E-state index contributed by atoms with van der Waals surface area (Å²) in [6.07, 6.45) is 0.417. The number of rotatable bonds is 7. The van der Waals surface area contributed by atoms with Crippen molar-refractivity contribution in [2.75, 3.05) is 20.3 Å². The number of hydrogen-bond acceptors (Lipinski definition) is 4. The van der Waals surface area contributed by atoms with Gasteiger partial charge in [0.2, 0.25) is 5.90 Å². The first kappa shape index (κ1) is 15.5. The third kappa shape index (κ3) is 5.96. The lowest BCUT2D eigenvalue weighted by Crippen LogP contribution is -2.42. The van der Waals surface area contributed by atoms with Gasteiger partial charge in [0.1, 0.15) is 6.10 Å². The summed E-state index contributed by atoms with van der Waals surface area (Å²) in [5, 5.41) is 18.4. The quantitative estimate of drug-likeness (QED) is 0.363. The molecule has 0 saturated carbocycles. The van der Waals surface area contributed by atoms with Crippen LogP contribution in [0.5, 0.6) is 0 Å². The lowest BCUT2D eigenvalue weighted by molar-refractivity contribution is -0.117. The molecule has 0 amide bonds. The van der Waals surface area contributed by atoms with Gasteiger partial charge in [0.25, 0.3) is 0 Å². The van der Waals surface area contributed by atoms with Crippen LogP contribution in [0.4, 0.5) is 13.2 Å². The zero-order chi connectivity index (χ0) is 13.5. The van der Waals surface area contributed by atoms with E-state index in [1.54, 1.807) is 0 Å². The van der Waals surface area contributed by atoms with Crippen molar-refractivity contribution in [3.05, 3.63) is 24.4 Å². The van der Waals surface area contributed by atoms with Gasteiger partial charge in [-0.3, -0.25) is 5.41 Å². The molecule has 0 fully saturated rings. The maximum Gasteiger partial charge on any atom is 0.302 e. The van der Waals surface area contributed by atoms with Crippen molar-refractivity contribution in [2.45, 2.75) is 12.0 Å². The first-order valence-electron chi connectivity index (χ1n) is 4.68. The van der Waals surface area contributed by atoms with Crippen molar-refractivity contribution in [1.82, 2.24) is 5.32 Å². The van der Waals surface area contributed by atoms with Crippen LogP contribution in [0.25, 0.3) is 0 Å². The number of ether oxygens (including phenoxy) is 1. The van der Waals surface area contributed by atoms with E-state index in [0.29, 0.717) is 0 Å². The molecule has 0 aromatic rings. The number of hydrogen-bond donors (Lipinski definition) is 3. The maximum absolute atomic E-state index is 12.6. The highest BCUT2D eigenvalue weighted by molar-refractivity contribution is 5.84. The predicted octanol–water partition coefficient (Wildman–Crippen LogP) is 1.24. The van der Waals surface area contributed by atoms with E-state index in [2.05, 4.69) is 16.6 Å². The summed E-state index contributed by atoms with van der Waals surface area (Å²) < 4.78 is 41.5. The molecule has 0 spiro atoms. The zero-order valence-electron chi connectivity index (χ0n) is 9.34. The van der Waals surface area contributed by atoms with Crippen LogP contribution in [0.1, 0.15) is 0 Å². The fraction of sp³-hybridized carbons (Fsp3) is 0.500. The molecule has 7 heteroatoms. The summed E-state index contributed by atoms with van der Waals surface area (Å²) >= 11 is 0. The highest BCUT2D eigenvalue weighted by atomic mass is 19.3. The Morgan fingerprint density at radius 1 is 1.59 bits per heavy atom. The Kier molecular flexibility index (Phi) is 6.34. The van der Waals surface area contributed by atoms with Gasteiger partial charge in [0.05, 0.1) is 7.11 Å².